The van der Waals surface area contributed by atoms with Gasteiger partial charge in [-0.05, 0) is 0 Å². The van der Waals surface area contributed by atoms with Gasteiger partial charge in [0.2, 0.25) is 0 Å². The molecule has 0 amide bonds. The van der Waals surface area contributed by atoms with Crippen LogP contribution < -0.4 is 0 Å². The molecule has 0 saturated heterocycles. The summed E-state index contributed by atoms with van der Waals surface area (Å²) in [6, 6.07) is -2.24. The first-order chi connectivity index (χ1) is 8.89. The van der Waals surface area contributed by atoms with Gasteiger partial charge in [0.15, 0.2) is 0 Å². The van der Waals surface area contributed by atoms with Crippen molar-refractivity contribution in [3.63, 3.8) is 0 Å². The molecule has 0 N–H and O–H groups in total. The van der Waals surface area contributed by atoms with Gasteiger partial charge in [-0.1, -0.05) is 0 Å². The third-order valence-corrected chi connectivity index (χ3v) is 1.62. The second-order valence-corrected chi connectivity index (χ2v) is 3.00. The first-order valence-corrected chi connectivity index (χ1v) is 4.43. The summed E-state index contributed by atoms with van der Waals surface area (Å²) in [6.07, 6.45) is -17.0. The van der Waals surface area contributed by atoms with Crippen LogP contribution >= 0.6 is 0 Å². The average molecular weight is 317 g/mol. The Morgan fingerprint density at radius 2 is 1.50 bits per heavy atom. The van der Waals surface area contributed by atoms with Crippen LogP contribution in [0.25, 0.3) is 0 Å². The largest absolute Gasteiger partial charge is 0.471 e. The summed E-state index contributed by atoms with van der Waals surface area (Å²) in [6.45, 7) is -1.46. The van der Waals surface area contributed by atoms with E-state index >= 15 is 0 Å². The number of nitriles is 1. The lowest BCUT2D eigenvalue weighted by Crippen LogP contribution is -2.58. The molecule has 0 aliphatic rings. The zero-order valence-electron chi connectivity index (χ0n) is 9.08. The van der Waals surface area contributed by atoms with E-state index in [-0.39, 0.29) is 0 Å². The SMILES string of the molecule is N#CCCOC(F)(C(F)(F)F)C(F)(F)OC(F)=C(F)F. The predicted octanol–water partition coefficient (Wildman–Crippen LogP) is 3.79. The molecule has 0 aliphatic carbocycles. The summed E-state index contributed by atoms with van der Waals surface area (Å²) in [5, 5.41) is 7.97. The zero-order chi connectivity index (χ0) is 16.2. The quantitative estimate of drug-likeness (QED) is 0.425. The smallest absolute Gasteiger partial charge is 0.398 e. The first-order valence-electron chi connectivity index (χ1n) is 4.43. The molecule has 0 spiro atoms. The summed E-state index contributed by atoms with van der Waals surface area (Å²) in [7, 11) is 0. The van der Waals surface area contributed by atoms with Crippen LogP contribution in [0.3, 0.4) is 0 Å². The number of ether oxygens (including phenoxy) is 2. The van der Waals surface area contributed by atoms with Crippen LogP contribution in [0.2, 0.25) is 0 Å². The number of halogens is 9. The van der Waals surface area contributed by atoms with E-state index in [4.69, 9.17) is 5.26 Å². The maximum absolute atomic E-state index is 13.3. The highest BCUT2D eigenvalue weighted by molar-refractivity contribution is 4.92. The molecule has 0 rings (SSSR count). The lowest BCUT2D eigenvalue weighted by Gasteiger charge is -2.32. The molecule has 0 heterocycles. The van der Waals surface area contributed by atoms with Crippen molar-refractivity contribution < 1.29 is 49.0 Å². The van der Waals surface area contributed by atoms with E-state index in [2.05, 4.69) is 9.47 Å². The lowest BCUT2D eigenvalue weighted by atomic mass is 10.2. The Balaban J connectivity index is 5.42. The first kappa shape index (κ1) is 18.4. The average Bonchev–Trinajstić information content (AvgIpc) is 2.26. The second-order valence-electron chi connectivity index (χ2n) is 3.00. The number of hydrogen-bond acceptors (Lipinski definition) is 3. The molecule has 0 bridgehead atoms. The molecule has 0 aromatic heterocycles. The van der Waals surface area contributed by atoms with Crippen LogP contribution in [-0.2, 0) is 9.47 Å². The van der Waals surface area contributed by atoms with Gasteiger partial charge in [0.05, 0.1) is 19.1 Å². The Labute approximate surface area is 105 Å². The number of alkyl halides is 6. The van der Waals surface area contributed by atoms with Crippen molar-refractivity contribution in [3.8, 4) is 6.07 Å². The van der Waals surface area contributed by atoms with Crippen molar-refractivity contribution in [3.05, 3.63) is 12.1 Å². The van der Waals surface area contributed by atoms with E-state index in [1.54, 1.807) is 0 Å². The minimum Gasteiger partial charge on any atom is -0.398 e. The highest BCUT2D eigenvalue weighted by Crippen LogP contribution is 2.48. The molecule has 20 heavy (non-hydrogen) atoms. The molecular weight excluding hydrogens is 313 g/mol. The monoisotopic (exact) mass is 317 g/mol. The lowest BCUT2D eigenvalue weighted by molar-refractivity contribution is -0.454. The standard InChI is InChI=1S/C8H4F9NO2/c9-4(10)5(11)20-8(16,17)6(12,7(13,14)15)19-3-1-2-18/h1,3H2. The molecule has 1 unspecified atom stereocenters. The molecule has 116 valence electrons. The number of nitrogens with zero attached hydrogens (tertiary/aromatic N) is 1. The van der Waals surface area contributed by atoms with E-state index in [0.29, 0.717) is 0 Å². The third kappa shape index (κ3) is 3.92. The Hall–Kier alpha value is -1.64. The zero-order valence-corrected chi connectivity index (χ0v) is 9.08. The van der Waals surface area contributed by atoms with Crippen molar-refractivity contribution in [2.45, 2.75) is 24.6 Å². The Kier molecular flexibility index (Phi) is 5.70. The molecule has 0 aromatic rings. The minimum atomic E-state index is -6.45. The molecule has 12 heteroatoms. The fraction of sp³-hybridized carbons (Fsp3) is 0.625. The van der Waals surface area contributed by atoms with Crippen molar-refractivity contribution in [1.82, 2.24) is 0 Å². The molecule has 0 fully saturated rings. The van der Waals surface area contributed by atoms with Crippen LogP contribution in [-0.4, -0.2) is 24.7 Å². The van der Waals surface area contributed by atoms with Crippen LogP contribution in [0, 0.1) is 11.3 Å². The second kappa shape index (κ2) is 6.21. The van der Waals surface area contributed by atoms with E-state index in [1.807, 2.05) is 0 Å². The molecule has 0 saturated carbocycles. The highest BCUT2D eigenvalue weighted by Gasteiger charge is 2.76. The highest BCUT2D eigenvalue weighted by atomic mass is 19.4. The van der Waals surface area contributed by atoms with Gasteiger partial charge in [-0.15, -0.1) is 0 Å². The fourth-order valence-corrected chi connectivity index (χ4v) is 0.785. The van der Waals surface area contributed by atoms with Gasteiger partial charge in [-0.3, -0.25) is 0 Å². The summed E-state index contributed by atoms with van der Waals surface area (Å²) in [5.41, 5.74) is 0. The molecule has 0 aromatic carbocycles. The molecular formula is C8H4F9NO2. The van der Waals surface area contributed by atoms with E-state index in [9.17, 15) is 39.5 Å². The number of hydrogen-bond donors (Lipinski definition) is 0. The maximum Gasteiger partial charge on any atom is 0.471 e. The summed E-state index contributed by atoms with van der Waals surface area (Å²) in [4.78, 5) is 0. The van der Waals surface area contributed by atoms with Crippen LogP contribution in [0.5, 0.6) is 0 Å². The van der Waals surface area contributed by atoms with Gasteiger partial charge in [0.1, 0.15) is 0 Å². The maximum atomic E-state index is 13.3. The van der Waals surface area contributed by atoms with Crippen molar-refractivity contribution >= 4 is 0 Å². The van der Waals surface area contributed by atoms with Gasteiger partial charge >= 0.3 is 30.2 Å². The van der Waals surface area contributed by atoms with E-state index in [0.717, 1.165) is 6.07 Å². The minimum absolute atomic E-state index is 0.923. The topological polar surface area (TPSA) is 42.2 Å². The van der Waals surface area contributed by atoms with Crippen molar-refractivity contribution in [1.29, 1.82) is 5.26 Å². The number of rotatable bonds is 6. The fourth-order valence-electron chi connectivity index (χ4n) is 0.785. The summed E-state index contributed by atoms with van der Waals surface area (Å²) >= 11 is 0. The molecule has 1 atom stereocenters. The van der Waals surface area contributed by atoms with Crippen LogP contribution in [0.1, 0.15) is 6.42 Å². The summed E-state index contributed by atoms with van der Waals surface area (Å²) in [5.74, 6) is -5.91. The van der Waals surface area contributed by atoms with Gasteiger partial charge in [0.25, 0.3) is 0 Å². The van der Waals surface area contributed by atoms with Gasteiger partial charge in [0, 0.05) is 0 Å². The Morgan fingerprint density at radius 3 is 1.85 bits per heavy atom. The molecule has 0 aliphatic heterocycles. The summed E-state index contributed by atoms with van der Waals surface area (Å²) < 4.78 is 116. The molecule has 0 radical (unpaired) electrons. The van der Waals surface area contributed by atoms with Crippen LogP contribution in [0.15, 0.2) is 12.1 Å². The van der Waals surface area contributed by atoms with Crippen LogP contribution in [0.4, 0.5) is 39.5 Å². The normalized spacial score (nSPS) is 15.2. The van der Waals surface area contributed by atoms with Crippen molar-refractivity contribution in [2.24, 2.45) is 0 Å². The van der Waals surface area contributed by atoms with Gasteiger partial charge < -0.3 is 9.47 Å². The predicted molar refractivity (Wildman–Crippen MR) is 42.5 cm³/mol. The Bertz CT molecular complexity index is 409. The van der Waals surface area contributed by atoms with Crippen molar-refractivity contribution in [2.75, 3.05) is 6.61 Å². The van der Waals surface area contributed by atoms with Gasteiger partial charge in [-0.2, -0.15) is 44.8 Å². The Morgan fingerprint density at radius 1 is 1.00 bits per heavy atom. The third-order valence-electron chi connectivity index (χ3n) is 1.62. The van der Waals surface area contributed by atoms with Gasteiger partial charge in [-0.25, -0.2) is 0 Å². The van der Waals surface area contributed by atoms with E-state index in [1.165, 1.54) is 0 Å². The molecule has 3 nitrogen and oxygen atoms in total. The van der Waals surface area contributed by atoms with E-state index < -0.39 is 43.3 Å².